The van der Waals surface area contributed by atoms with Crippen molar-refractivity contribution in [3.05, 3.63) is 47.0 Å². The van der Waals surface area contributed by atoms with Gasteiger partial charge in [-0.3, -0.25) is 5.43 Å². The van der Waals surface area contributed by atoms with Crippen molar-refractivity contribution in [1.82, 2.24) is 4.98 Å². The molecule has 0 radical (unpaired) electrons. The first-order chi connectivity index (χ1) is 8.97. The summed E-state index contributed by atoms with van der Waals surface area (Å²) in [7, 11) is 0. The Morgan fingerprint density at radius 2 is 1.89 bits per heavy atom. The summed E-state index contributed by atoms with van der Waals surface area (Å²) in [6.45, 7) is 8.46. The molecule has 0 spiro atoms. The number of hydrogen-bond donors (Lipinski definition) is 1. The van der Waals surface area contributed by atoms with Crippen LogP contribution >= 0.6 is 11.3 Å². The zero-order valence-electron chi connectivity index (χ0n) is 11.8. The Balaban J connectivity index is 2.08. The minimum absolute atomic E-state index is 0.0780. The maximum atomic E-state index is 4.55. The fourth-order valence-electron chi connectivity index (χ4n) is 1.55. The van der Waals surface area contributed by atoms with Crippen LogP contribution in [-0.4, -0.2) is 10.7 Å². The smallest absolute Gasteiger partial charge is 0.203 e. The third-order valence-electron chi connectivity index (χ3n) is 2.78. The van der Waals surface area contributed by atoms with Crippen molar-refractivity contribution >= 4 is 22.2 Å². The normalized spacial score (nSPS) is 12.5. The minimum atomic E-state index is 0.0780. The van der Waals surface area contributed by atoms with E-state index >= 15 is 0 Å². The fourth-order valence-corrected chi connectivity index (χ4v) is 2.42. The molecule has 0 aliphatic rings. The predicted molar refractivity (Wildman–Crippen MR) is 83.1 cm³/mol. The molecule has 3 nitrogen and oxygen atoms in total. The summed E-state index contributed by atoms with van der Waals surface area (Å²) >= 11 is 1.58. The highest BCUT2D eigenvalue weighted by Gasteiger charge is 2.17. The zero-order chi connectivity index (χ0) is 13.9. The maximum Gasteiger partial charge on any atom is 0.203 e. The average molecular weight is 273 g/mol. The first-order valence-electron chi connectivity index (χ1n) is 6.28. The Morgan fingerprint density at radius 1 is 1.21 bits per heavy atom. The summed E-state index contributed by atoms with van der Waals surface area (Å²) < 4.78 is 0. The Morgan fingerprint density at radius 3 is 2.47 bits per heavy atom. The Kier molecular flexibility index (Phi) is 4.00. The monoisotopic (exact) mass is 273 g/mol. The fraction of sp³-hybridized carbons (Fsp3) is 0.333. The van der Waals surface area contributed by atoms with Crippen LogP contribution in [0.1, 0.15) is 39.0 Å². The standard InChI is InChI=1S/C15H19N3S/c1-11(12-8-6-5-7-9-12)17-18-14-16-13(10-19-14)15(2,3)4/h5-10H,1-4H3,(H,16,18)/b17-11+. The number of thiazole rings is 1. The summed E-state index contributed by atoms with van der Waals surface area (Å²) in [6, 6.07) is 10.1. The van der Waals surface area contributed by atoms with E-state index in [0.29, 0.717) is 0 Å². The quantitative estimate of drug-likeness (QED) is 0.669. The molecule has 1 N–H and O–H groups in total. The lowest BCUT2D eigenvalue weighted by Crippen LogP contribution is -2.11. The van der Waals surface area contributed by atoms with E-state index in [0.717, 1.165) is 22.1 Å². The molecule has 0 unspecified atom stereocenters. The molecule has 0 bridgehead atoms. The molecular weight excluding hydrogens is 254 g/mol. The number of nitrogens with one attached hydrogen (secondary N) is 1. The van der Waals surface area contributed by atoms with Gasteiger partial charge in [0.25, 0.3) is 0 Å². The summed E-state index contributed by atoms with van der Waals surface area (Å²) in [6.07, 6.45) is 0. The summed E-state index contributed by atoms with van der Waals surface area (Å²) in [5.41, 5.74) is 6.26. The van der Waals surface area contributed by atoms with Gasteiger partial charge in [0.2, 0.25) is 5.13 Å². The van der Waals surface area contributed by atoms with Crippen molar-refractivity contribution in [3.63, 3.8) is 0 Å². The van der Waals surface area contributed by atoms with E-state index in [-0.39, 0.29) is 5.41 Å². The van der Waals surface area contributed by atoms with E-state index in [1.165, 1.54) is 0 Å². The molecule has 19 heavy (non-hydrogen) atoms. The molecule has 1 aromatic carbocycles. The Hall–Kier alpha value is -1.68. The second kappa shape index (κ2) is 5.53. The molecule has 1 aromatic heterocycles. The van der Waals surface area contributed by atoms with Gasteiger partial charge in [0, 0.05) is 10.8 Å². The van der Waals surface area contributed by atoms with Crippen molar-refractivity contribution in [2.75, 3.05) is 5.43 Å². The Bertz CT molecular complexity index is 565. The van der Waals surface area contributed by atoms with Gasteiger partial charge in [-0.25, -0.2) is 4.98 Å². The van der Waals surface area contributed by atoms with Crippen LogP contribution in [0.3, 0.4) is 0 Å². The molecule has 0 amide bonds. The van der Waals surface area contributed by atoms with Crippen LogP contribution in [0.5, 0.6) is 0 Å². The van der Waals surface area contributed by atoms with Crippen LogP contribution in [0.15, 0.2) is 40.8 Å². The van der Waals surface area contributed by atoms with Gasteiger partial charge < -0.3 is 0 Å². The highest BCUT2D eigenvalue weighted by atomic mass is 32.1. The highest BCUT2D eigenvalue weighted by molar-refractivity contribution is 7.13. The van der Waals surface area contributed by atoms with Gasteiger partial charge in [-0.1, -0.05) is 51.1 Å². The van der Waals surface area contributed by atoms with Gasteiger partial charge in [-0.2, -0.15) is 5.10 Å². The molecule has 2 rings (SSSR count). The number of hydrazone groups is 1. The van der Waals surface area contributed by atoms with Gasteiger partial charge in [-0.05, 0) is 12.5 Å². The average Bonchev–Trinajstić information content (AvgIpc) is 2.86. The van der Waals surface area contributed by atoms with Crippen molar-refractivity contribution < 1.29 is 0 Å². The second-order valence-electron chi connectivity index (χ2n) is 5.46. The largest absolute Gasteiger partial charge is 0.252 e. The van der Waals surface area contributed by atoms with Crippen LogP contribution in [0.2, 0.25) is 0 Å². The van der Waals surface area contributed by atoms with Gasteiger partial charge >= 0.3 is 0 Å². The summed E-state index contributed by atoms with van der Waals surface area (Å²) in [5, 5.41) is 7.29. The molecule has 0 aliphatic carbocycles. The van der Waals surface area contributed by atoms with Crippen molar-refractivity contribution in [2.24, 2.45) is 5.10 Å². The lowest BCUT2D eigenvalue weighted by molar-refractivity contribution is 0.573. The van der Waals surface area contributed by atoms with Gasteiger partial charge in [0.15, 0.2) is 0 Å². The molecule has 0 saturated carbocycles. The molecule has 100 valence electrons. The van der Waals surface area contributed by atoms with Crippen LogP contribution < -0.4 is 5.43 Å². The second-order valence-corrected chi connectivity index (χ2v) is 6.32. The van der Waals surface area contributed by atoms with Crippen molar-refractivity contribution in [1.29, 1.82) is 0 Å². The molecule has 2 aromatic rings. The van der Waals surface area contributed by atoms with Gasteiger partial charge in [0.1, 0.15) is 0 Å². The Labute approximate surface area is 118 Å². The van der Waals surface area contributed by atoms with Crippen LogP contribution in [0.4, 0.5) is 5.13 Å². The number of aromatic nitrogens is 1. The minimum Gasteiger partial charge on any atom is -0.252 e. The van der Waals surface area contributed by atoms with Crippen molar-refractivity contribution in [3.8, 4) is 0 Å². The summed E-state index contributed by atoms with van der Waals surface area (Å²) in [5.74, 6) is 0. The molecule has 4 heteroatoms. The SMILES string of the molecule is C/C(=N\Nc1nc(C(C)(C)C)cs1)c1ccccc1. The van der Waals surface area contributed by atoms with Crippen LogP contribution in [0.25, 0.3) is 0 Å². The first kappa shape index (κ1) is 13.7. The number of rotatable bonds is 3. The lowest BCUT2D eigenvalue weighted by Gasteiger charge is -2.13. The van der Waals surface area contributed by atoms with Gasteiger partial charge in [-0.15, -0.1) is 11.3 Å². The number of anilines is 1. The van der Waals surface area contributed by atoms with E-state index in [1.54, 1.807) is 11.3 Å². The molecule has 1 heterocycles. The van der Waals surface area contributed by atoms with Crippen LogP contribution in [0, 0.1) is 0 Å². The highest BCUT2D eigenvalue weighted by Crippen LogP contribution is 2.26. The topological polar surface area (TPSA) is 37.3 Å². The number of hydrogen-bond acceptors (Lipinski definition) is 4. The first-order valence-corrected chi connectivity index (χ1v) is 7.16. The third kappa shape index (κ3) is 3.64. The third-order valence-corrected chi connectivity index (χ3v) is 3.53. The van der Waals surface area contributed by atoms with E-state index in [4.69, 9.17) is 0 Å². The lowest BCUT2D eigenvalue weighted by atomic mass is 9.93. The number of benzene rings is 1. The van der Waals surface area contributed by atoms with Crippen molar-refractivity contribution in [2.45, 2.75) is 33.1 Å². The maximum absolute atomic E-state index is 4.55. The molecule has 0 fully saturated rings. The van der Waals surface area contributed by atoms with E-state index in [2.05, 4.69) is 41.7 Å². The molecular formula is C15H19N3S. The molecule has 0 atom stereocenters. The van der Waals surface area contributed by atoms with E-state index < -0.39 is 0 Å². The van der Waals surface area contributed by atoms with Gasteiger partial charge in [0.05, 0.1) is 11.4 Å². The zero-order valence-corrected chi connectivity index (χ0v) is 12.6. The number of nitrogens with zero attached hydrogens (tertiary/aromatic N) is 2. The summed E-state index contributed by atoms with van der Waals surface area (Å²) in [4.78, 5) is 4.55. The molecule has 0 aliphatic heterocycles. The predicted octanol–water partition coefficient (Wildman–Crippen LogP) is 4.28. The molecule has 0 saturated heterocycles. The van der Waals surface area contributed by atoms with E-state index in [9.17, 15) is 0 Å². The van der Waals surface area contributed by atoms with Crippen LogP contribution in [-0.2, 0) is 5.41 Å². The van der Waals surface area contributed by atoms with E-state index in [1.807, 2.05) is 37.3 Å².